The molecular formula is C21H23F3N6O2. The molecule has 1 aromatic heterocycles. The number of piperazine rings is 1. The van der Waals surface area contributed by atoms with Gasteiger partial charge in [-0.2, -0.15) is 18.3 Å². The van der Waals surface area contributed by atoms with Crippen LogP contribution in [-0.2, 0) is 11.0 Å². The Hall–Kier alpha value is -3.21. The lowest BCUT2D eigenvalue weighted by molar-refractivity contribution is -0.137. The van der Waals surface area contributed by atoms with Crippen LogP contribution < -0.4 is 10.2 Å². The number of rotatable bonds is 2. The van der Waals surface area contributed by atoms with E-state index in [2.05, 4.69) is 20.4 Å². The molecule has 1 atom stereocenters. The number of benzene rings is 1. The minimum Gasteiger partial charge on any atom is -0.322 e. The lowest BCUT2D eigenvalue weighted by Gasteiger charge is -2.43. The zero-order valence-electron chi connectivity index (χ0n) is 17.5. The van der Waals surface area contributed by atoms with Crippen molar-refractivity contribution in [1.29, 1.82) is 0 Å². The van der Waals surface area contributed by atoms with Gasteiger partial charge >= 0.3 is 12.2 Å². The molecule has 2 aliphatic heterocycles. The molecule has 2 aromatic rings. The van der Waals surface area contributed by atoms with Gasteiger partial charge in [0.25, 0.3) is 0 Å². The average Bonchev–Trinajstić information content (AvgIpc) is 2.78. The minimum absolute atomic E-state index is 0.118. The van der Waals surface area contributed by atoms with Crippen molar-refractivity contribution in [3.05, 3.63) is 47.7 Å². The molecule has 1 N–H and O–H groups in total. The van der Waals surface area contributed by atoms with Gasteiger partial charge in [-0.15, -0.1) is 5.10 Å². The van der Waals surface area contributed by atoms with Crippen LogP contribution in [0.3, 0.4) is 0 Å². The second-order valence-corrected chi connectivity index (χ2v) is 7.81. The molecule has 0 bridgehead atoms. The van der Waals surface area contributed by atoms with Crippen molar-refractivity contribution in [2.75, 3.05) is 42.9 Å². The van der Waals surface area contributed by atoms with Crippen LogP contribution in [0.4, 0.5) is 29.5 Å². The molecule has 32 heavy (non-hydrogen) atoms. The van der Waals surface area contributed by atoms with Crippen molar-refractivity contribution in [3.8, 4) is 0 Å². The van der Waals surface area contributed by atoms with E-state index < -0.39 is 11.7 Å². The van der Waals surface area contributed by atoms with Gasteiger partial charge in [-0.05, 0) is 36.2 Å². The Labute approximate surface area is 183 Å². The van der Waals surface area contributed by atoms with E-state index in [1.54, 1.807) is 17.0 Å². The SMILES string of the molecule is CC(=O)N1CCC(N2CCN(C(=O)Nc3cccnn3)CC2)c2ccc(C(F)(F)F)cc21. The fraction of sp³-hybridized carbons (Fsp3) is 0.429. The van der Waals surface area contributed by atoms with Crippen LogP contribution >= 0.6 is 0 Å². The Kier molecular flexibility index (Phi) is 6.00. The third-order valence-corrected chi connectivity index (χ3v) is 5.86. The molecule has 11 heteroatoms. The lowest BCUT2D eigenvalue weighted by atomic mass is 9.92. The smallest absolute Gasteiger partial charge is 0.322 e. The first-order valence-electron chi connectivity index (χ1n) is 10.3. The summed E-state index contributed by atoms with van der Waals surface area (Å²) in [7, 11) is 0. The fourth-order valence-electron chi connectivity index (χ4n) is 4.26. The highest BCUT2D eigenvalue weighted by Gasteiger charge is 2.37. The quantitative estimate of drug-likeness (QED) is 0.764. The minimum atomic E-state index is -4.48. The van der Waals surface area contributed by atoms with Gasteiger partial charge < -0.3 is 9.80 Å². The highest BCUT2D eigenvalue weighted by molar-refractivity contribution is 5.93. The Balaban J connectivity index is 1.47. The van der Waals surface area contributed by atoms with Gasteiger partial charge in [-0.3, -0.25) is 15.0 Å². The van der Waals surface area contributed by atoms with Crippen molar-refractivity contribution in [2.24, 2.45) is 0 Å². The van der Waals surface area contributed by atoms with Crippen molar-refractivity contribution < 1.29 is 22.8 Å². The molecule has 8 nitrogen and oxygen atoms in total. The number of halogens is 3. The average molecular weight is 448 g/mol. The molecule has 2 aliphatic rings. The number of hydrogen-bond acceptors (Lipinski definition) is 5. The summed E-state index contributed by atoms with van der Waals surface area (Å²) < 4.78 is 39.7. The van der Waals surface area contributed by atoms with Crippen molar-refractivity contribution in [2.45, 2.75) is 25.6 Å². The molecule has 0 saturated carbocycles. The first-order chi connectivity index (χ1) is 15.2. The van der Waals surface area contributed by atoms with Crippen LogP contribution in [0.5, 0.6) is 0 Å². The maximum absolute atomic E-state index is 13.2. The summed E-state index contributed by atoms with van der Waals surface area (Å²) in [5.41, 5.74) is 0.247. The van der Waals surface area contributed by atoms with Gasteiger partial charge in [0.2, 0.25) is 5.91 Å². The number of nitrogens with one attached hydrogen (secondary N) is 1. The largest absolute Gasteiger partial charge is 0.416 e. The molecule has 1 saturated heterocycles. The van der Waals surface area contributed by atoms with E-state index in [9.17, 15) is 22.8 Å². The van der Waals surface area contributed by atoms with E-state index in [1.165, 1.54) is 24.1 Å². The molecule has 0 aliphatic carbocycles. The van der Waals surface area contributed by atoms with E-state index in [1.807, 2.05) is 0 Å². The van der Waals surface area contributed by atoms with E-state index in [0.717, 1.165) is 12.1 Å². The van der Waals surface area contributed by atoms with E-state index in [-0.39, 0.29) is 18.0 Å². The van der Waals surface area contributed by atoms with Gasteiger partial charge in [-0.1, -0.05) is 6.07 Å². The van der Waals surface area contributed by atoms with Gasteiger partial charge in [0.1, 0.15) is 0 Å². The highest BCUT2D eigenvalue weighted by Crippen LogP contribution is 2.41. The summed E-state index contributed by atoms with van der Waals surface area (Å²) >= 11 is 0. The zero-order valence-corrected chi connectivity index (χ0v) is 17.5. The number of nitrogens with zero attached hydrogens (tertiary/aromatic N) is 5. The summed E-state index contributed by atoms with van der Waals surface area (Å²) in [6.07, 6.45) is -2.35. The number of hydrogen-bond donors (Lipinski definition) is 1. The molecule has 1 aromatic carbocycles. The zero-order chi connectivity index (χ0) is 22.9. The monoisotopic (exact) mass is 448 g/mol. The molecular weight excluding hydrogens is 425 g/mol. The van der Waals surface area contributed by atoms with Gasteiger partial charge in [0.05, 0.1) is 5.56 Å². The topological polar surface area (TPSA) is 81.7 Å². The standard InChI is InChI=1S/C21H23F3N6O2/c1-14(31)30-8-6-17(16-5-4-15(13-18(16)30)21(22,23)24)28-9-11-29(12-10-28)20(32)26-19-3-2-7-25-27-19/h2-5,7,13,17H,6,8-12H2,1H3,(H,26,27,32). The van der Waals surface area contributed by atoms with Crippen LogP contribution in [0.1, 0.15) is 30.5 Å². The van der Waals surface area contributed by atoms with Crippen LogP contribution in [0.25, 0.3) is 0 Å². The van der Waals surface area contributed by atoms with Crippen molar-refractivity contribution in [1.82, 2.24) is 20.0 Å². The number of aromatic nitrogens is 2. The Morgan fingerprint density at radius 3 is 2.47 bits per heavy atom. The van der Waals surface area contributed by atoms with E-state index >= 15 is 0 Å². The van der Waals surface area contributed by atoms with Gasteiger partial charge in [0.15, 0.2) is 5.82 Å². The third kappa shape index (κ3) is 4.52. The Morgan fingerprint density at radius 1 is 1.09 bits per heavy atom. The molecule has 170 valence electrons. The normalized spacial score (nSPS) is 19.4. The van der Waals surface area contributed by atoms with Crippen molar-refractivity contribution >= 4 is 23.4 Å². The molecule has 4 rings (SSSR count). The predicted octanol–water partition coefficient (Wildman–Crippen LogP) is 3.14. The lowest BCUT2D eigenvalue weighted by Crippen LogP contribution is -2.52. The summed E-state index contributed by atoms with van der Waals surface area (Å²) in [5.74, 6) is 0.0838. The second kappa shape index (κ2) is 8.73. The summed E-state index contributed by atoms with van der Waals surface area (Å²) in [5, 5.41) is 10.3. The number of alkyl halides is 3. The van der Waals surface area contributed by atoms with Crippen LogP contribution in [0.15, 0.2) is 36.5 Å². The third-order valence-electron chi connectivity index (χ3n) is 5.86. The molecule has 0 radical (unpaired) electrons. The summed E-state index contributed by atoms with van der Waals surface area (Å²) in [6, 6.07) is 6.55. The van der Waals surface area contributed by atoms with Gasteiger partial charge in [0, 0.05) is 57.6 Å². The highest BCUT2D eigenvalue weighted by atomic mass is 19.4. The van der Waals surface area contributed by atoms with Crippen LogP contribution in [0, 0.1) is 0 Å². The molecule has 1 unspecified atom stereocenters. The number of fused-ring (bicyclic) bond motifs is 1. The van der Waals surface area contributed by atoms with Crippen LogP contribution in [-0.4, -0.2) is 64.7 Å². The first kappa shape index (κ1) is 22.0. The number of urea groups is 1. The van der Waals surface area contributed by atoms with Crippen LogP contribution in [0.2, 0.25) is 0 Å². The Bertz CT molecular complexity index is 993. The van der Waals surface area contributed by atoms with E-state index in [0.29, 0.717) is 56.2 Å². The number of anilines is 2. The van der Waals surface area contributed by atoms with E-state index in [4.69, 9.17) is 0 Å². The molecule has 3 amide bonds. The second-order valence-electron chi connectivity index (χ2n) is 7.81. The maximum Gasteiger partial charge on any atom is 0.416 e. The number of amides is 3. The molecule has 1 fully saturated rings. The molecule has 3 heterocycles. The number of carbonyl (C=O) groups excluding carboxylic acids is 2. The fourth-order valence-corrected chi connectivity index (χ4v) is 4.26. The summed E-state index contributed by atoms with van der Waals surface area (Å²) in [6.45, 7) is 3.78. The number of carbonyl (C=O) groups is 2. The molecule has 0 spiro atoms. The van der Waals surface area contributed by atoms with Crippen molar-refractivity contribution in [3.63, 3.8) is 0 Å². The first-order valence-corrected chi connectivity index (χ1v) is 10.3. The van der Waals surface area contributed by atoms with Gasteiger partial charge in [-0.25, -0.2) is 4.79 Å². The predicted molar refractivity (Wildman–Crippen MR) is 111 cm³/mol. The summed E-state index contributed by atoms with van der Waals surface area (Å²) in [4.78, 5) is 29.8. The maximum atomic E-state index is 13.2. The Morgan fingerprint density at radius 2 is 1.84 bits per heavy atom.